The van der Waals surface area contributed by atoms with E-state index in [4.69, 9.17) is 11.6 Å². The van der Waals surface area contributed by atoms with Crippen LogP contribution in [0.5, 0.6) is 0 Å². The van der Waals surface area contributed by atoms with Crippen molar-refractivity contribution in [2.75, 3.05) is 5.32 Å². The van der Waals surface area contributed by atoms with Crippen LogP contribution in [-0.2, 0) is 0 Å². The molecule has 0 unspecified atom stereocenters. The van der Waals surface area contributed by atoms with Crippen molar-refractivity contribution in [1.29, 1.82) is 0 Å². The van der Waals surface area contributed by atoms with Crippen LogP contribution in [0.15, 0.2) is 24.8 Å². The van der Waals surface area contributed by atoms with Crippen LogP contribution in [0.1, 0.15) is 10.4 Å². The number of hydrogen-bond donors (Lipinski definition) is 2. The van der Waals surface area contributed by atoms with Crippen molar-refractivity contribution in [2.45, 2.75) is 0 Å². The van der Waals surface area contributed by atoms with Crippen molar-refractivity contribution < 1.29 is 4.79 Å². The predicted molar refractivity (Wildman–Crippen MR) is 53.6 cm³/mol. The van der Waals surface area contributed by atoms with Crippen molar-refractivity contribution in [2.24, 2.45) is 0 Å². The number of H-pyrrole nitrogens is 1. The number of halogens is 1. The van der Waals surface area contributed by atoms with E-state index in [0.717, 1.165) is 0 Å². The Hall–Kier alpha value is -1.95. The van der Waals surface area contributed by atoms with Crippen molar-refractivity contribution >= 4 is 23.3 Å². The first kappa shape index (κ1) is 9.60. The minimum atomic E-state index is -0.342. The highest BCUT2D eigenvalue weighted by Gasteiger charge is 2.10. The van der Waals surface area contributed by atoms with Crippen LogP contribution in [0.2, 0.25) is 5.15 Å². The van der Waals surface area contributed by atoms with E-state index in [1.807, 2.05) is 0 Å². The number of anilines is 1. The molecule has 0 aromatic carbocycles. The van der Waals surface area contributed by atoms with E-state index in [-0.39, 0.29) is 16.9 Å². The molecular formula is C8H6ClN5O. The summed E-state index contributed by atoms with van der Waals surface area (Å²) in [6, 6.07) is 0. The zero-order valence-corrected chi connectivity index (χ0v) is 8.19. The summed E-state index contributed by atoms with van der Waals surface area (Å²) in [6.07, 6.45) is 5.76. The van der Waals surface area contributed by atoms with E-state index >= 15 is 0 Å². The molecule has 2 heterocycles. The molecule has 0 saturated heterocycles. The number of aromatic nitrogens is 4. The van der Waals surface area contributed by atoms with Gasteiger partial charge in [-0.05, 0) is 0 Å². The van der Waals surface area contributed by atoms with E-state index < -0.39 is 0 Å². The maximum atomic E-state index is 11.5. The standard InChI is InChI=1S/C8H6ClN5O/c9-6-7(11-2-1-10-6)14-8(15)5-3-12-13-4-5/h1-4H,(H,12,13)(H,11,14,15). The van der Waals surface area contributed by atoms with Gasteiger partial charge in [-0.15, -0.1) is 0 Å². The largest absolute Gasteiger partial charge is 0.304 e. The molecule has 0 atom stereocenters. The topological polar surface area (TPSA) is 83.6 Å². The van der Waals surface area contributed by atoms with Gasteiger partial charge in [0, 0.05) is 18.6 Å². The van der Waals surface area contributed by atoms with Crippen molar-refractivity contribution in [3.63, 3.8) is 0 Å². The Balaban J connectivity index is 2.17. The van der Waals surface area contributed by atoms with Crippen LogP contribution in [0.25, 0.3) is 0 Å². The molecule has 0 aliphatic heterocycles. The molecule has 2 aromatic rings. The van der Waals surface area contributed by atoms with Gasteiger partial charge < -0.3 is 5.32 Å². The lowest BCUT2D eigenvalue weighted by Crippen LogP contribution is -2.12. The van der Waals surface area contributed by atoms with Gasteiger partial charge in [-0.3, -0.25) is 9.89 Å². The Kier molecular flexibility index (Phi) is 2.59. The first-order valence-electron chi connectivity index (χ1n) is 4.04. The first-order valence-corrected chi connectivity index (χ1v) is 4.42. The Bertz CT molecular complexity index is 470. The number of carbonyl (C=O) groups is 1. The molecule has 7 heteroatoms. The Morgan fingerprint density at radius 1 is 1.40 bits per heavy atom. The highest BCUT2D eigenvalue weighted by molar-refractivity contribution is 6.32. The first-order chi connectivity index (χ1) is 7.27. The van der Waals surface area contributed by atoms with Crippen LogP contribution in [-0.4, -0.2) is 26.1 Å². The smallest absolute Gasteiger partial charge is 0.260 e. The van der Waals surface area contributed by atoms with Crippen LogP contribution in [0.3, 0.4) is 0 Å². The number of rotatable bonds is 2. The van der Waals surface area contributed by atoms with E-state index in [1.54, 1.807) is 0 Å². The fourth-order valence-corrected chi connectivity index (χ4v) is 1.11. The average Bonchev–Trinajstić information content (AvgIpc) is 2.74. The molecule has 2 rings (SSSR count). The van der Waals surface area contributed by atoms with Gasteiger partial charge in [0.15, 0.2) is 11.0 Å². The summed E-state index contributed by atoms with van der Waals surface area (Å²) in [5.41, 5.74) is 0.400. The number of hydrogen-bond acceptors (Lipinski definition) is 4. The minimum absolute atomic E-state index is 0.148. The molecule has 0 aliphatic carbocycles. The van der Waals surface area contributed by atoms with Gasteiger partial charge in [-0.2, -0.15) is 5.10 Å². The third-order valence-corrected chi connectivity index (χ3v) is 1.92. The average molecular weight is 224 g/mol. The number of nitrogens with zero attached hydrogens (tertiary/aromatic N) is 3. The Morgan fingerprint density at radius 2 is 2.20 bits per heavy atom. The molecule has 0 aliphatic rings. The van der Waals surface area contributed by atoms with Gasteiger partial charge >= 0.3 is 0 Å². The Labute approximate surface area is 89.7 Å². The van der Waals surface area contributed by atoms with E-state index in [2.05, 4.69) is 25.5 Å². The minimum Gasteiger partial charge on any atom is -0.304 e. The highest BCUT2D eigenvalue weighted by Crippen LogP contribution is 2.14. The van der Waals surface area contributed by atoms with Crippen molar-refractivity contribution in [1.82, 2.24) is 20.2 Å². The Morgan fingerprint density at radius 3 is 2.87 bits per heavy atom. The van der Waals surface area contributed by atoms with E-state index in [1.165, 1.54) is 24.8 Å². The third kappa shape index (κ3) is 2.10. The third-order valence-electron chi connectivity index (χ3n) is 1.65. The summed E-state index contributed by atoms with van der Waals surface area (Å²) in [5.74, 6) is -0.114. The van der Waals surface area contributed by atoms with Gasteiger partial charge in [0.25, 0.3) is 5.91 Å². The summed E-state index contributed by atoms with van der Waals surface area (Å²) in [5, 5.41) is 8.84. The van der Waals surface area contributed by atoms with Gasteiger partial charge in [0.2, 0.25) is 0 Å². The summed E-state index contributed by atoms with van der Waals surface area (Å²) in [7, 11) is 0. The SMILES string of the molecule is O=C(Nc1nccnc1Cl)c1cn[nH]c1. The van der Waals surface area contributed by atoms with Crippen LogP contribution < -0.4 is 5.32 Å². The molecule has 6 nitrogen and oxygen atoms in total. The summed E-state index contributed by atoms with van der Waals surface area (Å²) in [6.45, 7) is 0. The predicted octanol–water partition coefficient (Wildman–Crippen LogP) is 1.11. The molecule has 2 aromatic heterocycles. The van der Waals surface area contributed by atoms with Gasteiger partial charge in [-0.1, -0.05) is 11.6 Å². The molecule has 15 heavy (non-hydrogen) atoms. The molecule has 0 saturated carbocycles. The fourth-order valence-electron chi connectivity index (χ4n) is 0.960. The van der Waals surface area contributed by atoms with Gasteiger partial charge in [0.1, 0.15) is 0 Å². The monoisotopic (exact) mass is 223 g/mol. The number of carbonyl (C=O) groups excluding carboxylic acids is 1. The molecule has 1 amide bonds. The van der Waals surface area contributed by atoms with Gasteiger partial charge in [-0.25, -0.2) is 9.97 Å². The van der Waals surface area contributed by atoms with Crippen LogP contribution in [0, 0.1) is 0 Å². The zero-order valence-electron chi connectivity index (χ0n) is 7.44. The second-order valence-corrected chi connectivity index (χ2v) is 2.99. The molecule has 2 N–H and O–H groups in total. The summed E-state index contributed by atoms with van der Waals surface area (Å²) < 4.78 is 0. The van der Waals surface area contributed by atoms with E-state index in [9.17, 15) is 4.79 Å². The van der Waals surface area contributed by atoms with Gasteiger partial charge in [0.05, 0.1) is 11.8 Å². The molecule has 0 fully saturated rings. The maximum absolute atomic E-state index is 11.5. The lowest BCUT2D eigenvalue weighted by atomic mass is 10.3. The number of amides is 1. The summed E-state index contributed by atoms with van der Waals surface area (Å²) >= 11 is 5.72. The molecule has 0 radical (unpaired) electrons. The quantitative estimate of drug-likeness (QED) is 0.799. The second kappa shape index (κ2) is 4.05. The molecule has 76 valence electrons. The normalized spacial score (nSPS) is 9.93. The van der Waals surface area contributed by atoms with Crippen LogP contribution >= 0.6 is 11.6 Å². The maximum Gasteiger partial charge on any atom is 0.260 e. The van der Waals surface area contributed by atoms with Crippen molar-refractivity contribution in [3.8, 4) is 0 Å². The highest BCUT2D eigenvalue weighted by atomic mass is 35.5. The summed E-state index contributed by atoms with van der Waals surface area (Å²) in [4.78, 5) is 19.2. The van der Waals surface area contributed by atoms with E-state index in [0.29, 0.717) is 5.56 Å². The number of aromatic amines is 1. The lowest BCUT2D eigenvalue weighted by molar-refractivity contribution is 0.102. The number of nitrogens with one attached hydrogen (secondary N) is 2. The second-order valence-electron chi connectivity index (χ2n) is 2.64. The lowest BCUT2D eigenvalue weighted by Gasteiger charge is -2.02. The van der Waals surface area contributed by atoms with Crippen molar-refractivity contribution in [3.05, 3.63) is 35.5 Å². The molecule has 0 spiro atoms. The molecule has 0 bridgehead atoms. The fraction of sp³-hybridized carbons (Fsp3) is 0. The van der Waals surface area contributed by atoms with Crippen LogP contribution in [0.4, 0.5) is 5.82 Å². The zero-order chi connectivity index (χ0) is 10.7. The molecular weight excluding hydrogens is 218 g/mol.